The number of anilines is 1. The van der Waals surface area contributed by atoms with Crippen LogP contribution in [0.2, 0.25) is 0 Å². The number of thiazole rings is 1. The minimum atomic E-state index is -0.0858. The Hall–Kier alpha value is -1.51. The summed E-state index contributed by atoms with van der Waals surface area (Å²) in [5, 5.41) is 6.53. The highest BCUT2D eigenvalue weighted by molar-refractivity contribution is 7.13. The largest absolute Gasteiger partial charge is 0.375 e. The van der Waals surface area contributed by atoms with Crippen molar-refractivity contribution in [1.29, 1.82) is 0 Å². The Labute approximate surface area is 126 Å². The van der Waals surface area contributed by atoms with Crippen LogP contribution in [0.4, 0.5) is 5.13 Å². The van der Waals surface area contributed by atoms with E-state index in [0.717, 1.165) is 25.4 Å². The van der Waals surface area contributed by atoms with Crippen molar-refractivity contribution in [3.8, 4) is 0 Å². The number of morpholine rings is 1. The van der Waals surface area contributed by atoms with E-state index in [1.807, 2.05) is 5.38 Å². The minimum Gasteiger partial charge on any atom is -0.375 e. The van der Waals surface area contributed by atoms with E-state index < -0.39 is 0 Å². The second-order valence-corrected chi connectivity index (χ2v) is 6.40. The summed E-state index contributed by atoms with van der Waals surface area (Å²) < 4.78 is 11.2. The van der Waals surface area contributed by atoms with Gasteiger partial charge in [0.1, 0.15) is 6.10 Å². The predicted octanol–water partition coefficient (Wildman–Crippen LogP) is 1.23. The number of fused-ring (bicyclic) bond motifs is 1. The molecular weight excluding hydrogens is 290 g/mol. The lowest BCUT2D eigenvalue weighted by Crippen LogP contribution is -2.42. The van der Waals surface area contributed by atoms with E-state index in [0.29, 0.717) is 29.3 Å². The van der Waals surface area contributed by atoms with Gasteiger partial charge in [-0.25, -0.2) is 4.98 Å². The van der Waals surface area contributed by atoms with E-state index >= 15 is 0 Å². The summed E-state index contributed by atoms with van der Waals surface area (Å²) in [6.45, 7) is 2.76. The second kappa shape index (κ2) is 5.36. The molecule has 2 unspecified atom stereocenters. The first kappa shape index (κ1) is 13.2. The van der Waals surface area contributed by atoms with Crippen molar-refractivity contribution >= 4 is 16.5 Å². The van der Waals surface area contributed by atoms with Gasteiger partial charge in [0.2, 0.25) is 11.7 Å². The number of ether oxygens (including phenoxy) is 1. The summed E-state index contributed by atoms with van der Waals surface area (Å²) in [5.74, 6) is 1.20. The van der Waals surface area contributed by atoms with Crippen LogP contribution >= 0.6 is 11.3 Å². The van der Waals surface area contributed by atoms with Crippen LogP contribution in [0, 0.1) is 0 Å². The zero-order valence-corrected chi connectivity index (χ0v) is 12.4. The molecule has 0 saturated carbocycles. The van der Waals surface area contributed by atoms with Crippen LogP contribution in [0.1, 0.15) is 36.4 Å². The zero-order valence-electron chi connectivity index (χ0n) is 11.6. The highest BCUT2D eigenvalue weighted by atomic mass is 32.1. The summed E-state index contributed by atoms with van der Waals surface area (Å²) in [7, 11) is 0. The summed E-state index contributed by atoms with van der Waals surface area (Å²) in [5.41, 5.74) is 6.48. The van der Waals surface area contributed by atoms with Crippen LogP contribution in [-0.2, 0) is 11.2 Å². The first-order valence-electron chi connectivity index (χ1n) is 7.16. The number of rotatable bonds is 3. The third kappa shape index (κ3) is 2.66. The molecule has 112 valence electrons. The van der Waals surface area contributed by atoms with Gasteiger partial charge < -0.3 is 15.0 Å². The molecule has 2 aliphatic rings. The van der Waals surface area contributed by atoms with E-state index in [1.54, 1.807) is 0 Å². The molecule has 0 spiro atoms. The third-order valence-corrected chi connectivity index (χ3v) is 4.79. The molecule has 8 heteroatoms. The fourth-order valence-electron chi connectivity index (χ4n) is 3.00. The van der Waals surface area contributed by atoms with E-state index in [2.05, 4.69) is 20.0 Å². The fraction of sp³-hybridized carbons (Fsp3) is 0.615. The van der Waals surface area contributed by atoms with E-state index in [9.17, 15) is 0 Å². The van der Waals surface area contributed by atoms with Gasteiger partial charge in [0.15, 0.2) is 5.13 Å². The number of hydrogen-bond donors (Lipinski definition) is 1. The zero-order chi connectivity index (χ0) is 14.2. The summed E-state index contributed by atoms with van der Waals surface area (Å²) in [4.78, 5) is 11.1. The molecule has 2 N–H and O–H groups in total. The van der Waals surface area contributed by atoms with Crippen LogP contribution in [0.5, 0.6) is 0 Å². The highest BCUT2D eigenvalue weighted by Crippen LogP contribution is 2.29. The molecule has 0 aromatic carbocycles. The maximum Gasteiger partial charge on any atom is 0.232 e. The van der Waals surface area contributed by atoms with Crippen molar-refractivity contribution in [2.24, 2.45) is 0 Å². The molecule has 7 nitrogen and oxygen atoms in total. The number of nitrogens with zero attached hydrogens (tertiary/aromatic N) is 4. The van der Waals surface area contributed by atoms with Crippen LogP contribution in [-0.4, -0.2) is 45.8 Å². The first-order valence-corrected chi connectivity index (χ1v) is 8.04. The number of nitrogens with two attached hydrogens (primary N) is 1. The van der Waals surface area contributed by atoms with Crippen molar-refractivity contribution in [3.63, 3.8) is 0 Å². The molecule has 2 aromatic heterocycles. The quantitative estimate of drug-likeness (QED) is 0.912. The Kier molecular flexibility index (Phi) is 3.36. The molecule has 0 radical (unpaired) electrons. The lowest BCUT2D eigenvalue weighted by molar-refractivity contribution is -0.0548. The Balaban J connectivity index is 1.44. The van der Waals surface area contributed by atoms with Gasteiger partial charge in [-0.3, -0.25) is 4.90 Å². The van der Waals surface area contributed by atoms with Gasteiger partial charge >= 0.3 is 0 Å². The van der Waals surface area contributed by atoms with Crippen LogP contribution in [0.25, 0.3) is 0 Å². The van der Waals surface area contributed by atoms with Crippen molar-refractivity contribution in [1.82, 2.24) is 20.0 Å². The van der Waals surface area contributed by atoms with Gasteiger partial charge in [-0.1, -0.05) is 5.16 Å². The number of nitrogen functional groups attached to an aromatic ring is 1. The molecule has 4 heterocycles. The Morgan fingerprint density at radius 1 is 1.43 bits per heavy atom. The van der Waals surface area contributed by atoms with Crippen LogP contribution in [0.3, 0.4) is 0 Å². The number of hydrogen-bond acceptors (Lipinski definition) is 8. The van der Waals surface area contributed by atoms with Gasteiger partial charge in [-0.15, -0.1) is 11.3 Å². The van der Waals surface area contributed by atoms with Crippen molar-refractivity contribution in [2.45, 2.75) is 31.4 Å². The number of aromatic nitrogens is 3. The lowest BCUT2D eigenvalue weighted by Gasteiger charge is -2.33. The molecule has 2 atom stereocenters. The molecule has 0 amide bonds. The summed E-state index contributed by atoms with van der Waals surface area (Å²) in [6.07, 6.45) is 2.91. The van der Waals surface area contributed by atoms with E-state index in [-0.39, 0.29) is 6.10 Å². The van der Waals surface area contributed by atoms with E-state index in [4.69, 9.17) is 15.0 Å². The van der Waals surface area contributed by atoms with Gasteiger partial charge in [0, 0.05) is 18.0 Å². The molecule has 4 rings (SSSR count). The topological polar surface area (TPSA) is 90.3 Å². The smallest absolute Gasteiger partial charge is 0.232 e. The normalized spacial score (nSPS) is 26.1. The van der Waals surface area contributed by atoms with Crippen molar-refractivity contribution in [3.05, 3.63) is 22.8 Å². The molecule has 2 aliphatic heterocycles. The molecule has 21 heavy (non-hydrogen) atoms. The first-order chi connectivity index (χ1) is 10.3. The SMILES string of the molecule is Nc1nc(Cc2nc(C3CN4CCCC4CO3)no2)cs1. The maximum absolute atomic E-state index is 5.89. The van der Waals surface area contributed by atoms with Gasteiger partial charge in [0.05, 0.1) is 18.7 Å². The summed E-state index contributed by atoms with van der Waals surface area (Å²) >= 11 is 1.41. The van der Waals surface area contributed by atoms with E-state index in [1.165, 1.54) is 24.2 Å². The third-order valence-electron chi connectivity index (χ3n) is 4.06. The molecule has 2 fully saturated rings. The minimum absolute atomic E-state index is 0.0858. The predicted molar refractivity (Wildman–Crippen MR) is 76.9 cm³/mol. The average molecular weight is 307 g/mol. The standard InChI is InChI=1S/C13H17N5O2S/c14-13-15-8(7-21-13)4-11-16-12(17-20-11)10-5-18-3-1-2-9(18)6-19-10/h7,9-10H,1-6H2,(H2,14,15). The van der Waals surface area contributed by atoms with Gasteiger partial charge in [-0.2, -0.15) is 4.98 Å². The fourth-order valence-corrected chi connectivity index (χ4v) is 3.57. The molecule has 2 saturated heterocycles. The Morgan fingerprint density at radius 3 is 3.24 bits per heavy atom. The highest BCUT2D eigenvalue weighted by Gasteiger charge is 2.34. The molecule has 2 aromatic rings. The molecule has 0 bridgehead atoms. The van der Waals surface area contributed by atoms with Crippen LogP contribution in [0.15, 0.2) is 9.90 Å². The summed E-state index contributed by atoms with van der Waals surface area (Å²) in [6, 6.07) is 0.575. The van der Waals surface area contributed by atoms with Crippen LogP contribution < -0.4 is 5.73 Å². The van der Waals surface area contributed by atoms with Crippen molar-refractivity contribution in [2.75, 3.05) is 25.4 Å². The van der Waals surface area contributed by atoms with Gasteiger partial charge in [-0.05, 0) is 19.4 Å². The monoisotopic (exact) mass is 307 g/mol. The lowest BCUT2D eigenvalue weighted by atomic mass is 10.2. The Morgan fingerprint density at radius 2 is 2.38 bits per heavy atom. The van der Waals surface area contributed by atoms with Gasteiger partial charge in [0.25, 0.3) is 0 Å². The molecular formula is C13H17N5O2S. The average Bonchev–Trinajstić information content (AvgIpc) is 3.19. The maximum atomic E-state index is 5.89. The van der Waals surface area contributed by atoms with Crippen molar-refractivity contribution < 1.29 is 9.26 Å². The molecule has 0 aliphatic carbocycles. The second-order valence-electron chi connectivity index (χ2n) is 5.51. The Bertz CT molecular complexity index is 628.